The van der Waals surface area contributed by atoms with Gasteiger partial charge in [0.1, 0.15) is 5.75 Å². The van der Waals surface area contributed by atoms with Crippen LogP contribution in [0.4, 0.5) is 0 Å². The first-order chi connectivity index (χ1) is 9.90. The molecule has 0 aliphatic carbocycles. The summed E-state index contributed by atoms with van der Waals surface area (Å²) in [5.41, 5.74) is 1.35. The molecule has 0 saturated carbocycles. The Kier molecular flexibility index (Phi) is 5.28. The van der Waals surface area contributed by atoms with Crippen LogP contribution in [0.1, 0.15) is 52.6 Å². The minimum absolute atomic E-state index is 0.0617. The lowest BCUT2D eigenvalue weighted by atomic mass is 9.92. The molecule has 3 heteroatoms. The second kappa shape index (κ2) is 6.80. The van der Waals surface area contributed by atoms with Crippen molar-refractivity contribution in [2.24, 2.45) is 5.92 Å². The van der Waals surface area contributed by atoms with Gasteiger partial charge in [-0.15, -0.1) is 0 Å². The van der Waals surface area contributed by atoms with Crippen LogP contribution in [0.5, 0.6) is 5.75 Å². The molecule has 1 aliphatic heterocycles. The summed E-state index contributed by atoms with van der Waals surface area (Å²) in [6.07, 6.45) is 1.32. The molecule has 21 heavy (non-hydrogen) atoms. The van der Waals surface area contributed by atoms with Crippen molar-refractivity contribution >= 4 is 0 Å². The number of hydrogen-bond acceptors (Lipinski definition) is 3. The van der Waals surface area contributed by atoms with E-state index in [2.05, 4.69) is 64.2 Å². The summed E-state index contributed by atoms with van der Waals surface area (Å²) in [6, 6.07) is 8.73. The van der Waals surface area contributed by atoms with Gasteiger partial charge < -0.3 is 14.8 Å². The summed E-state index contributed by atoms with van der Waals surface area (Å²) >= 11 is 0. The topological polar surface area (TPSA) is 30.5 Å². The SMILES string of the molecule is CC(C)COc1ccc(C(C)NC2(C)CCOC2C)cc1. The molecule has 1 aromatic rings. The smallest absolute Gasteiger partial charge is 0.119 e. The molecule has 1 saturated heterocycles. The highest BCUT2D eigenvalue weighted by atomic mass is 16.5. The molecule has 118 valence electrons. The molecule has 0 spiro atoms. The van der Waals surface area contributed by atoms with Gasteiger partial charge in [0.2, 0.25) is 0 Å². The summed E-state index contributed by atoms with van der Waals surface area (Å²) in [5.74, 6) is 1.50. The van der Waals surface area contributed by atoms with Gasteiger partial charge in [-0.1, -0.05) is 26.0 Å². The number of benzene rings is 1. The molecule has 3 atom stereocenters. The summed E-state index contributed by atoms with van der Waals surface area (Å²) in [7, 11) is 0. The lowest BCUT2D eigenvalue weighted by Crippen LogP contribution is -2.48. The number of rotatable bonds is 6. The average Bonchev–Trinajstić information content (AvgIpc) is 2.76. The average molecular weight is 291 g/mol. The largest absolute Gasteiger partial charge is 0.493 e. The van der Waals surface area contributed by atoms with E-state index in [0.29, 0.717) is 12.0 Å². The van der Waals surface area contributed by atoms with Crippen LogP contribution in [0.15, 0.2) is 24.3 Å². The van der Waals surface area contributed by atoms with Crippen LogP contribution in [0.25, 0.3) is 0 Å². The third-order valence-electron chi connectivity index (χ3n) is 4.40. The molecule has 1 aliphatic rings. The lowest BCUT2D eigenvalue weighted by Gasteiger charge is -2.32. The quantitative estimate of drug-likeness (QED) is 0.861. The first kappa shape index (κ1) is 16.3. The highest BCUT2D eigenvalue weighted by Gasteiger charge is 2.37. The normalized spacial score (nSPS) is 27.0. The third kappa shape index (κ3) is 4.21. The highest BCUT2D eigenvalue weighted by molar-refractivity contribution is 5.29. The van der Waals surface area contributed by atoms with Crippen molar-refractivity contribution in [3.8, 4) is 5.75 Å². The van der Waals surface area contributed by atoms with Gasteiger partial charge in [0, 0.05) is 18.2 Å². The maximum atomic E-state index is 5.73. The Bertz CT molecular complexity index is 443. The van der Waals surface area contributed by atoms with Crippen molar-refractivity contribution in [2.75, 3.05) is 13.2 Å². The van der Waals surface area contributed by atoms with Gasteiger partial charge in [-0.2, -0.15) is 0 Å². The molecule has 0 bridgehead atoms. The Hall–Kier alpha value is -1.06. The van der Waals surface area contributed by atoms with E-state index in [0.717, 1.165) is 25.4 Å². The lowest BCUT2D eigenvalue weighted by molar-refractivity contribution is 0.0849. The van der Waals surface area contributed by atoms with E-state index in [-0.39, 0.29) is 11.6 Å². The third-order valence-corrected chi connectivity index (χ3v) is 4.40. The Morgan fingerprint density at radius 1 is 1.29 bits per heavy atom. The Balaban J connectivity index is 1.95. The predicted octanol–water partition coefficient (Wildman–Crippen LogP) is 3.94. The molecule has 2 rings (SSSR count). The molecule has 1 aromatic carbocycles. The van der Waals surface area contributed by atoms with Gasteiger partial charge in [-0.05, 0) is 50.8 Å². The summed E-state index contributed by atoms with van der Waals surface area (Å²) in [4.78, 5) is 0. The van der Waals surface area contributed by atoms with Crippen molar-refractivity contribution in [3.63, 3.8) is 0 Å². The van der Waals surface area contributed by atoms with Gasteiger partial charge in [0.25, 0.3) is 0 Å². The Morgan fingerprint density at radius 2 is 1.95 bits per heavy atom. The fourth-order valence-electron chi connectivity index (χ4n) is 2.72. The molecule has 1 fully saturated rings. The van der Waals surface area contributed by atoms with Crippen LogP contribution in [0, 0.1) is 5.92 Å². The van der Waals surface area contributed by atoms with Crippen LogP contribution in [0.3, 0.4) is 0 Å². The molecular formula is C18H29NO2. The van der Waals surface area contributed by atoms with Gasteiger partial charge in [-0.25, -0.2) is 0 Å². The monoisotopic (exact) mass is 291 g/mol. The minimum Gasteiger partial charge on any atom is -0.493 e. The zero-order valence-electron chi connectivity index (χ0n) is 14.0. The summed E-state index contributed by atoms with van der Waals surface area (Å²) in [5, 5.41) is 3.73. The second-order valence-electron chi connectivity index (χ2n) is 6.82. The second-order valence-corrected chi connectivity index (χ2v) is 6.82. The number of nitrogens with one attached hydrogen (secondary N) is 1. The van der Waals surface area contributed by atoms with E-state index >= 15 is 0 Å². The minimum atomic E-state index is 0.0617. The van der Waals surface area contributed by atoms with E-state index in [1.165, 1.54) is 5.56 Å². The number of ether oxygens (including phenoxy) is 2. The van der Waals surface area contributed by atoms with Crippen LogP contribution in [0.2, 0.25) is 0 Å². The molecule has 3 unspecified atom stereocenters. The van der Waals surface area contributed by atoms with Gasteiger partial charge >= 0.3 is 0 Å². The zero-order chi connectivity index (χ0) is 15.5. The maximum Gasteiger partial charge on any atom is 0.119 e. The van der Waals surface area contributed by atoms with Crippen molar-refractivity contribution in [3.05, 3.63) is 29.8 Å². The van der Waals surface area contributed by atoms with E-state index in [9.17, 15) is 0 Å². The van der Waals surface area contributed by atoms with Crippen molar-refractivity contribution < 1.29 is 9.47 Å². The first-order valence-electron chi connectivity index (χ1n) is 8.03. The fraction of sp³-hybridized carbons (Fsp3) is 0.667. The van der Waals surface area contributed by atoms with Crippen molar-refractivity contribution in [2.45, 2.75) is 58.7 Å². The molecule has 0 aromatic heterocycles. The van der Waals surface area contributed by atoms with Gasteiger partial charge in [-0.3, -0.25) is 0 Å². The van der Waals surface area contributed by atoms with Crippen LogP contribution in [-0.2, 0) is 4.74 Å². The van der Waals surface area contributed by atoms with E-state index in [1.807, 2.05) is 0 Å². The first-order valence-corrected chi connectivity index (χ1v) is 8.03. The van der Waals surface area contributed by atoms with E-state index in [4.69, 9.17) is 9.47 Å². The molecule has 0 radical (unpaired) electrons. The van der Waals surface area contributed by atoms with E-state index in [1.54, 1.807) is 0 Å². The maximum absolute atomic E-state index is 5.73. The molecular weight excluding hydrogens is 262 g/mol. The predicted molar refractivity (Wildman–Crippen MR) is 86.8 cm³/mol. The van der Waals surface area contributed by atoms with Crippen molar-refractivity contribution in [1.82, 2.24) is 5.32 Å². The van der Waals surface area contributed by atoms with E-state index < -0.39 is 0 Å². The fourth-order valence-corrected chi connectivity index (χ4v) is 2.72. The van der Waals surface area contributed by atoms with Crippen LogP contribution >= 0.6 is 0 Å². The molecule has 3 nitrogen and oxygen atoms in total. The van der Waals surface area contributed by atoms with Crippen LogP contribution in [-0.4, -0.2) is 24.9 Å². The molecule has 1 heterocycles. The van der Waals surface area contributed by atoms with Crippen molar-refractivity contribution in [1.29, 1.82) is 0 Å². The zero-order valence-corrected chi connectivity index (χ0v) is 14.0. The highest BCUT2D eigenvalue weighted by Crippen LogP contribution is 2.29. The molecule has 1 N–H and O–H groups in total. The van der Waals surface area contributed by atoms with Gasteiger partial charge in [0.05, 0.1) is 12.7 Å². The van der Waals surface area contributed by atoms with Crippen LogP contribution < -0.4 is 10.1 Å². The summed E-state index contributed by atoms with van der Waals surface area (Å²) in [6.45, 7) is 12.5. The Labute approximate surface area is 129 Å². The standard InChI is InChI=1S/C18H29NO2/c1-13(2)12-21-17-8-6-16(7-9-17)14(3)19-18(5)10-11-20-15(18)4/h6-9,13-15,19H,10-12H2,1-5H3. The van der Waals surface area contributed by atoms with Gasteiger partial charge in [0.15, 0.2) is 0 Å². The number of hydrogen-bond donors (Lipinski definition) is 1. The summed E-state index contributed by atoms with van der Waals surface area (Å²) < 4.78 is 11.4. The Morgan fingerprint density at radius 3 is 2.48 bits per heavy atom. The molecule has 0 amide bonds.